The topological polar surface area (TPSA) is 92.2 Å². The van der Waals surface area contributed by atoms with Gasteiger partial charge >= 0.3 is 17.1 Å². The number of hydrogen-bond acceptors (Lipinski definition) is 4. The predicted molar refractivity (Wildman–Crippen MR) is 83.3 cm³/mol. The molecule has 0 fully saturated rings. The molecule has 21 heavy (non-hydrogen) atoms. The van der Waals surface area contributed by atoms with Crippen molar-refractivity contribution < 1.29 is 9.90 Å². The van der Waals surface area contributed by atoms with Crippen LogP contribution in [0.5, 0.6) is 0 Å². The van der Waals surface area contributed by atoms with Crippen molar-refractivity contribution in [3.63, 3.8) is 0 Å². The average Bonchev–Trinajstić information content (AvgIpc) is 2.43. The molecule has 0 saturated heterocycles. The maximum atomic E-state index is 12.1. The number of H-pyrrole nitrogens is 1. The molecule has 0 bridgehead atoms. The first-order valence-corrected chi connectivity index (χ1v) is 7.83. The number of benzene rings is 1. The highest BCUT2D eigenvalue weighted by molar-refractivity contribution is 7.98. The highest BCUT2D eigenvalue weighted by Crippen LogP contribution is 2.16. The van der Waals surface area contributed by atoms with Gasteiger partial charge in [0.25, 0.3) is 0 Å². The summed E-state index contributed by atoms with van der Waals surface area (Å²) in [5.41, 5.74) is -0.847. The van der Waals surface area contributed by atoms with Crippen LogP contribution in [0.1, 0.15) is 17.3 Å². The first kappa shape index (κ1) is 15.4. The third-order valence-electron chi connectivity index (χ3n) is 3.19. The van der Waals surface area contributed by atoms with Gasteiger partial charge in [-0.25, -0.2) is 4.79 Å². The van der Waals surface area contributed by atoms with Gasteiger partial charge in [-0.3, -0.25) is 9.59 Å². The number of rotatable bonds is 5. The standard InChI is InChI=1S/C14H16N2O4S/c1-8(7-21-2)6-16-10-5-3-4-9(14(19)20)11(10)15-12(17)13(16)18/h3-5,8H,6-7H2,1-2H3,(H,15,17)(H,19,20). The number of nitrogens with zero attached hydrogens (tertiary/aromatic N) is 1. The van der Waals surface area contributed by atoms with Crippen LogP contribution in [0.3, 0.4) is 0 Å². The van der Waals surface area contributed by atoms with Gasteiger partial charge in [0.15, 0.2) is 0 Å². The molecule has 7 heteroatoms. The number of aromatic amines is 1. The third-order valence-corrected chi connectivity index (χ3v) is 4.09. The number of aromatic nitrogens is 2. The molecular formula is C14H16N2O4S. The number of carboxylic acid groups (broad SMARTS) is 1. The quantitative estimate of drug-likeness (QED) is 0.814. The Morgan fingerprint density at radius 1 is 1.43 bits per heavy atom. The lowest BCUT2D eigenvalue weighted by Crippen LogP contribution is -2.38. The smallest absolute Gasteiger partial charge is 0.337 e. The van der Waals surface area contributed by atoms with E-state index < -0.39 is 17.1 Å². The molecule has 1 aromatic carbocycles. The van der Waals surface area contributed by atoms with Crippen LogP contribution in [-0.4, -0.2) is 32.6 Å². The Morgan fingerprint density at radius 3 is 2.76 bits per heavy atom. The Hall–Kier alpha value is -2.02. The summed E-state index contributed by atoms with van der Waals surface area (Å²) < 4.78 is 1.36. The Bertz CT molecular complexity index is 794. The summed E-state index contributed by atoms with van der Waals surface area (Å²) in [5, 5.41) is 9.19. The van der Waals surface area contributed by atoms with Gasteiger partial charge in [0.2, 0.25) is 0 Å². The first-order valence-electron chi connectivity index (χ1n) is 6.43. The van der Waals surface area contributed by atoms with Crippen LogP contribution in [0.2, 0.25) is 0 Å². The summed E-state index contributed by atoms with van der Waals surface area (Å²) in [7, 11) is 0. The summed E-state index contributed by atoms with van der Waals surface area (Å²) in [6.45, 7) is 2.36. The van der Waals surface area contributed by atoms with Crippen LogP contribution >= 0.6 is 11.8 Å². The normalized spacial score (nSPS) is 12.5. The van der Waals surface area contributed by atoms with Gasteiger partial charge in [0.1, 0.15) is 0 Å². The molecule has 0 spiro atoms. The van der Waals surface area contributed by atoms with Crippen molar-refractivity contribution in [2.24, 2.45) is 5.92 Å². The van der Waals surface area contributed by atoms with E-state index >= 15 is 0 Å². The molecular weight excluding hydrogens is 292 g/mol. The molecule has 6 nitrogen and oxygen atoms in total. The zero-order valence-electron chi connectivity index (χ0n) is 11.8. The largest absolute Gasteiger partial charge is 0.478 e. The monoisotopic (exact) mass is 308 g/mol. The molecule has 0 aliphatic carbocycles. The minimum absolute atomic E-state index is 0.0177. The average molecular weight is 308 g/mol. The van der Waals surface area contributed by atoms with Crippen LogP contribution in [0.4, 0.5) is 0 Å². The Kier molecular flexibility index (Phi) is 4.52. The molecule has 0 saturated carbocycles. The highest BCUT2D eigenvalue weighted by Gasteiger charge is 2.15. The number of aromatic carboxylic acids is 1. The molecule has 0 amide bonds. The maximum absolute atomic E-state index is 12.1. The number of hydrogen-bond donors (Lipinski definition) is 2. The molecule has 2 N–H and O–H groups in total. The van der Waals surface area contributed by atoms with Crippen LogP contribution in [0.25, 0.3) is 11.0 Å². The molecule has 2 aromatic rings. The Morgan fingerprint density at radius 2 is 2.14 bits per heavy atom. The second kappa shape index (κ2) is 6.17. The lowest BCUT2D eigenvalue weighted by molar-refractivity contribution is 0.0699. The molecule has 0 aliphatic heterocycles. The molecule has 0 aliphatic rings. The zero-order valence-corrected chi connectivity index (χ0v) is 12.6. The minimum atomic E-state index is -1.14. The second-order valence-corrected chi connectivity index (χ2v) is 5.85. The molecule has 1 heterocycles. The number of fused-ring (bicyclic) bond motifs is 1. The van der Waals surface area contributed by atoms with Crippen molar-refractivity contribution in [2.75, 3.05) is 12.0 Å². The van der Waals surface area contributed by atoms with Gasteiger partial charge < -0.3 is 14.7 Å². The van der Waals surface area contributed by atoms with Crippen molar-refractivity contribution >= 4 is 28.8 Å². The van der Waals surface area contributed by atoms with E-state index in [9.17, 15) is 19.5 Å². The van der Waals surface area contributed by atoms with Gasteiger partial charge in [-0.2, -0.15) is 11.8 Å². The number of carbonyl (C=O) groups is 1. The Labute approximate surface area is 124 Å². The SMILES string of the molecule is CSCC(C)Cn1c(=O)c(=O)[nH]c2c(C(=O)O)cccc21. The van der Waals surface area contributed by atoms with Gasteiger partial charge in [0, 0.05) is 6.54 Å². The molecule has 0 radical (unpaired) electrons. The van der Waals surface area contributed by atoms with E-state index in [1.807, 2.05) is 13.2 Å². The van der Waals surface area contributed by atoms with Crippen LogP contribution < -0.4 is 11.1 Å². The van der Waals surface area contributed by atoms with E-state index in [0.717, 1.165) is 5.75 Å². The summed E-state index contributed by atoms with van der Waals surface area (Å²) in [6, 6.07) is 4.62. The number of thioether (sulfide) groups is 1. The van der Waals surface area contributed by atoms with Crippen LogP contribution in [0, 0.1) is 5.92 Å². The summed E-state index contributed by atoms with van der Waals surface area (Å²) >= 11 is 1.66. The fourth-order valence-corrected chi connectivity index (χ4v) is 2.98. The number of carboxylic acids is 1. The summed E-state index contributed by atoms with van der Waals surface area (Å²) in [5.74, 6) is -0.103. The lowest BCUT2D eigenvalue weighted by atomic mass is 10.1. The summed E-state index contributed by atoms with van der Waals surface area (Å²) in [4.78, 5) is 37.5. The van der Waals surface area contributed by atoms with Crippen molar-refractivity contribution in [2.45, 2.75) is 13.5 Å². The molecule has 1 atom stereocenters. The van der Waals surface area contributed by atoms with Crippen molar-refractivity contribution in [3.8, 4) is 0 Å². The van der Waals surface area contributed by atoms with E-state index in [4.69, 9.17) is 0 Å². The van der Waals surface area contributed by atoms with E-state index in [0.29, 0.717) is 12.1 Å². The fourth-order valence-electron chi connectivity index (χ4n) is 2.30. The van der Waals surface area contributed by atoms with Crippen LogP contribution in [-0.2, 0) is 6.54 Å². The molecule has 2 rings (SSSR count). The zero-order chi connectivity index (χ0) is 15.6. The first-order chi connectivity index (χ1) is 9.95. The van der Waals surface area contributed by atoms with E-state index in [1.165, 1.54) is 10.6 Å². The van der Waals surface area contributed by atoms with Crippen LogP contribution in [0.15, 0.2) is 27.8 Å². The van der Waals surface area contributed by atoms with E-state index in [2.05, 4.69) is 4.98 Å². The Balaban J connectivity index is 2.71. The number of nitrogens with one attached hydrogen (secondary N) is 1. The van der Waals surface area contributed by atoms with Crippen molar-refractivity contribution in [1.82, 2.24) is 9.55 Å². The van der Waals surface area contributed by atoms with Crippen molar-refractivity contribution in [3.05, 3.63) is 44.5 Å². The molecule has 1 unspecified atom stereocenters. The molecule has 1 aromatic heterocycles. The second-order valence-electron chi connectivity index (χ2n) is 4.94. The summed E-state index contributed by atoms with van der Waals surface area (Å²) in [6.07, 6.45) is 1.97. The van der Waals surface area contributed by atoms with Gasteiger partial charge in [0.05, 0.1) is 16.6 Å². The van der Waals surface area contributed by atoms with E-state index in [-0.39, 0.29) is 17.0 Å². The predicted octanol–water partition coefficient (Wildman–Crippen LogP) is 1.39. The van der Waals surface area contributed by atoms with E-state index in [1.54, 1.807) is 23.9 Å². The fraction of sp³-hybridized carbons (Fsp3) is 0.357. The minimum Gasteiger partial charge on any atom is -0.478 e. The van der Waals surface area contributed by atoms with Gasteiger partial charge in [-0.15, -0.1) is 0 Å². The third kappa shape index (κ3) is 3.02. The maximum Gasteiger partial charge on any atom is 0.337 e. The van der Waals surface area contributed by atoms with Gasteiger partial charge in [-0.1, -0.05) is 13.0 Å². The molecule has 112 valence electrons. The van der Waals surface area contributed by atoms with Gasteiger partial charge in [-0.05, 0) is 30.1 Å². The van der Waals surface area contributed by atoms with Crippen molar-refractivity contribution in [1.29, 1.82) is 0 Å². The highest BCUT2D eigenvalue weighted by atomic mass is 32.2. The lowest BCUT2D eigenvalue weighted by Gasteiger charge is -2.15. The number of para-hydroxylation sites is 1.